The van der Waals surface area contributed by atoms with Gasteiger partial charge in [0.15, 0.2) is 0 Å². The van der Waals surface area contributed by atoms with Crippen LogP contribution in [0.2, 0.25) is 0 Å². The molecule has 0 saturated carbocycles. The molecular formula is C11H8N2O2. The summed E-state index contributed by atoms with van der Waals surface area (Å²) >= 11 is 0. The van der Waals surface area contributed by atoms with Gasteiger partial charge in [-0.3, -0.25) is 10.1 Å². The lowest BCUT2D eigenvalue weighted by Crippen LogP contribution is -1.91. The lowest BCUT2D eigenvalue weighted by molar-refractivity contribution is -0.384. The standard InChI is InChI=1S/C11H8N2O2/c12-6-5-9-2-1-8-3-4-10(13(14)15)7-11(8)9/h2-4,7H,1,5H2. The summed E-state index contributed by atoms with van der Waals surface area (Å²) in [5, 5.41) is 19.2. The van der Waals surface area contributed by atoms with Crippen LogP contribution in [0.1, 0.15) is 17.5 Å². The number of hydrogen-bond donors (Lipinski definition) is 0. The summed E-state index contributed by atoms with van der Waals surface area (Å²) in [6, 6.07) is 6.87. The molecule has 0 atom stereocenters. The Morgan fingerprint density at radius 1 is 1.53 bits per heavy atom. The summed E-state index contributed by atoms with van der Waals surface area (Å²) in [7, 11) is 0. The van der Waals surface area contributed by atoms with Crippen LogP contribution < -0.4 is 0 Å². The quantitative estimate of drug-likeness (QED) is 0.544. The van der Waals surface area contributed by atoms with Crippen LogP contribution in [0, 0.1) is 21.4 Å². The van der Waals surface area contributed by atoms with Crippen LogP contribution in [0.4, 0.5) is 5.69 Å². The van der Waals surface area contributed by atoms with Crippen molar-refractivity contribution in [3.8, 4) is 6.07 Å². The third kappa shape index (κ3) is 1.59. The van der Waals surface area contributed by atoms with E-state index in [4.69, 9.17) is 5.26 Å². The number of benzene rings is 1. The van der Waals surface area contributed by atoms with Gasteiger partial charge in [-0.25, -0.2) is 0 Å². The van der Waals surface area contributed by atoms with Crippen molar-refractivity contribution >= 4 is 11.3 Å². The zero-order valence-electron chi connectivity index (χ0n) is 7.93. The van der Waals surface area contributed by atoms with Crippen molar-refractivity contribution in [1.82, 2.24) is 0 Å². The molecule has 15 heavy (non-hydrogen) atoms. The van der Waals surface area contributed by atoms with Gasteiger partial charge in [-0.15, -0.1) is 0 Å². The van der Waals surface area contributed by atoms with Crippen LogP contribution in [-0.2, 0) is 6.42 Å². The largest absolute Gasteiger partial charge is 0.270 e. The highest BCUT2D eigenvalue weighted by Gasteiger charge is 2.17. The molecule has 0 amide bonds. The second kappa shape index (κ2) is 3.54. The van der Waals surface area contributed by atoms with E-state index in [1.807, 2.05) is 6.08 Å². The first-order valence-corrected chi connectivity index (χ1v) is 4.56. The number of rotatable bonds is 2. The van der Waals surface area contributed by atoms with Crippen molar-refractivity contribution in [2.45, 2.75) is 12.8 Å². The summed E-state index contributed by atoms with van der Waals surface area (Å²) < 4.78 is 0. The number of non-ortho nitro benzene ring substituents is 1. The SMILES string of the molecule is N#CCC1=CCc2ccc([N+](=O)[O-])cc21. The Morgan fingerprint density at radius 2 is 2.33 bits per heavy atom. The monoisotopic (exact) mass is 200 g/mol. The second-order valence-corrected chi connectivity index (χ2v) is 3.37. The molecule has 0 saturated heterocycles. The van der Waals surface area contributed by atoms with Gasteiger partial charge in [-0.2, -0.15) is 5.26 Å². The Morgan fingerprint density at radius 3 is 3.00 bits per heavy atom. The predicted molar refractivity (Wildman–Crippen MR) is 55.0 cm³/mol. The number of nitro benzene ring substituents is 1. The number of nitrogens with zero attached hydrogens (tertiary/aromatic N) is 2. The van der Waals surface area contributed by atoms with Gasteiger partial charge >= 0.3 is 0 Å². The molecule has 4 heteroatoms. The fourth-order valence-corrected chi connectivity index (χ4v) is 1.75. The van der Waals surface area contributed by atoms with E-state index in [2.05, 4.69) is 6.07 Å². The van der Waals surface area contributed by atoms with E-state index in [1.54, 1.807) is 12.1 Å². The molecule has 0 aromatic heterocycles. The zero-order valence-corrected chi connectivity index (χ0v) is 7.93. The normalized spacial score (nSPS) is 12.9. The summed E-state index contributed by atoms with van der Waals surface area (Å²) in [6.45, 7) is 0. The van der Waals surface area contributed by atoms with E-state index in [-0.39, 0.29) is 5.69 Å². The number of nitriles is 1. The van der Waals surface area contributed by atoms with Gasteiger partial charge in [0.2, 0.25) is 0 Å². The lowest BCUT2D eigenvalue weighted by atomic mass is 10.0. The molecule has 0 aliphatic heterocycles. The molecule has 1 aliphatic carbocycles. The first kappa shape index (κ1) is 9.41. The van der Waals surface area contributed by atoms with Gasteiger partial charge in [0.1, 0.15) is 0 Å². The molecule has 0 heterocycles. The molecule has 0 spiro atoms. The van der Waals surface area contributed by atoms with Gasteiger partial charge in [-0.1, -0.05) is 12.1 Å². The van der Waals surface area contributed by atoms with E-state index in [1.165, 1.54) is 6.07 Å². The highest BCUT2D eigenvalue weighted by Crippen LogP contribution is 2.32. The minimum absolute atomic E-state index is 0.0829. The first-order chi connectivity index (χ1) is 7.22. The smallest absolute Gasteiger partial charge is 0.258 e. The number of hydrogen-bond acceptors (Lipinski definition) is 3. The Hall–Kier alpha value is -2.15. The molecule has 2 rings (SSSR count). The molecule has 0 N–H and O–H groups in total. The van der Waals surface area contributed by atoms with Crippen LogP contribution in [0.15, 0.2) is 24.3 Å². The van der Waals surface area contributed by atoms with Gasteiger partial charge in [-0.05, 0) is 23.1 Å². The van der Waals surface area contributed by atoms with Crippen LogP contribution in [0.3, 0.4) is 0 Å². The molecule has 1 aromatic carbocycles. The molecule has 1 aliphatic rings. The molecule has 74 valence electrons. The van der Waals surface area contributed by atoms with E-state index >= 15 is 0 Å². The minimum atomic E-state index is -0.414. The fraction of sp³-hybridized carbons (Fsp3) is 0.182. The molecule has 0 fully saturated rings. The zero-order chi connectivity index (χ0) is 10.8. The Kier molecular flexibility index (Phi) is 2.22. The minimum Gasteiger partial charge on any atom is -0.258 e. The Balaban J connectivity index is 2.44. The van der Waals surface area contributed by atoms with E-state index in [0.29, 0.717) is 6.42 Å². The average Bonchev–Trinajstić information content (AvgIpc) is 2.61. The topological polar surface area (TPSA) is 66.9 Å². The molecule has 0 radical (unpaired) electrons. The maximum Gasteiger partial charge on any atom is 0.270 e. The number of fused-ring (bicyclic) bond motifs is 1. The average molecular weight is 200 g/mol. The van der Waals surface area contributed by atoms with Crippen molar-refractivity contribution < 1.29 is 4.92 Å². The van der Waals surface area contributed by atoms with Crippen LogP contribution in [0.25, 0.3) is 5.57 Å². The fourth-order valence-electron chi connectivity index (χ4n) is 1.75. The first-order valence-electron chi connectivity index (χ1n) is 4.56. The maximum absolute atomic E-state index is 10.6. The molecule has 0 unspecified atom stereocenters. The van der Waals surface area contributed by atoms with Crippen molar-refractivity contribution in [2.75, 3.05) is 0 Å². The van der Waals surface area contributed by atoms with Gasteiger partial charge in [0.05, 0.1) is 17.4 Å². The van der Waals surface area contributed by atoms with E-state index in [9.17, 15) is 10.1 Å². The lowest BCUT2D eigenvalue weighted by Gasteiger charge is -2.01. The van der Waals surface area contributed by atoms with E-state index < -0.39 is 4.92 Å². The molecular weight excluding hydrogens is 192 g/mol. The highest BCUT2D eigenvalue weighted by atomic mass is 16.6. The summed E-state index contributed by atoms with van der Waals surface area (Å²) in [4.78, 5) is 10.2. The number of nitro groups is 1. The third-order valence-corrected chi connectivity index (χ3v) is 2.49. The second-order valence-electron chi connectivity index (χ2n) is 3.37. The predicted octanol–water partition coefficient (Wildman–Crippen LogP) is 2.45. The highest BCUT2D eigenvalue weighted by molar-refractivity contribution is 5.75. The molecule has 1 aromatic rings. The molecule has 0 bridgehead atoms. The Bertz CT molecular complexity index is 498. The summed E-state index contributed by atoms with van der Waals surface area (Å²) in [5.41, 5.74) is 2.90. The van der Waals surface area contributed by atoms with Crippen molar-refractivity contribution in [1.29, 1.82) is 5.26 Å². The maximum atomic E-state index is 10.6. The number of allylic oxidation sites excluding steroid dienone is 2. The van der Waals surface area contributed by atoms with Crippen molar-refractivity contribution in [3.05, 3.63) is 45.5 Å². The van der Waals surface area contributed by atoms with Crippen LogP contribution in [0.5, 0.6) is 0 Å². The van der Waals surface area contributed by atoms with Gasteiger partial charge in [0.25, 0.3) is 5.69 Å². The Labute approximate surface area is 86.6 Å². The summed E-state index contributed by atoms with van der Waals surface area (Å²) in [6.07, 6.45) is 3.04. The van der Waals surface area contributed by atoms with Crippen molar-refractivity contribution in [2.24, 2.45) is 0 Å². The van der Waals surface area contributed by atoms with Crippen molar-refractivity contribution in [3.63, 3.8) is 0 Å². The third-order valence-electron chi connectivity index (χ3n) is 2.49. The van der Waals surface area contributed by atoms with Gasteiger partial charge in [0, 0.05) is 12.1 Å². The molecule has 4 nitrogen and oxygen atoms in total. The van der Waals surface area contributed by atoms with Gasteiger partial charge < -0.3 is 0 Å². The van der Waals surface area contributed by atoms with E-state index in [0.717, 1.165) is 23.1 Å². The van der Waals surface area contributed by atoms with Crippen LogP contribution >= 0.6 is 0 Å². The summed E-state index contributed by atoms with van der Waals surface area (Å²) in [5.74, 6) is 0. The van der Waals surface area contributed by atoms with Crippen LogP contribution in [-0.4, -0.2) is 4.92 Å².